The minimum absolute atomic E-state index is 0.182. The second kappa shape index (κ2) is 9.02. The molecule has 0 bridgehead atoms. The molecule has 1 aliphatic heterocycles. The summed E-state index contributed by atoms with van der Waals surface area (Å²) >= 11 is 0. The van der Waals surface area contributed by atoms with Gasteiger partial charge in [-0.3, -0.25) is 0 Å². The van der Waals surface area contributed by atoms with E-state index in [2.05, 4.69) is 36.4 Å². The molecular formula is C31H24N4O4. The van der Waals surface area contributed by atoms with Gasteiger partial charge in [0.25, 0.3) is 0 Å². The summed E-state index contributed by atoms with van der Waals surface area (Å²) in [4.78, 5) is 9.68. The maximum absolute atomic E-state index is 6.52. The van der Waals surface area contributed by atoms with Gasteiger partial charge in [0.05, 0.1) is 26.9 Å². The molecule has 0 radical (unpaired) electrons. The van der Waals surface area contributed by atoms with Gasteiger partial charge >= 0.3 is 0 Å². The summed E-state index contributed by atoms with van der Waals surface area (Å²) in [6.07, 6.45) is 1.65. The highest BCUT2D eigenvalue weighted by molar-refractivity contribution is 5.91. The van der Waals surface area contributed by atoms with Crippen molar-refractivity contribution in [3.63, 3.8) is 0 Å². The van der Waals surface area contributed by atoms with E-state index in [1.54, 1.807) is 32.2 Å². The molecule has 6 aromatic rings. The number of aromatic nitrogens is 4. The van der Waals surface area contributed by atoms with Crippen LogP contribution in [-0.4, -0.2) is 40.9 Å². The van der Waals surface area contributed by atoms with Crippen LogP contribution in [0.1, 0.15) is 22.6 Å². The molecule has 0 saturated carbocycles. The van der Waals surface area contributed by atoms with E-state index in [0.29, 0.717) is 28.9 Å². The molecule has 8 heteroatoms. The Bertz CT molecular complexity index is 1860. The zero-order chi connectivity index (χ0) is 26.5. The lowest BCUT2D eigenvalue weighted by atomic mass is 9.83. The van der Waals surface area contributed by atoms with Crippen LogP contribution in [0.3, 0.4) is 0 Å². The number of rotatable bonds is 5. The molecule has 3 heterocycles. The fourth-order valence-corrected chi connectivity index (χ4v) is 5.29. The number of ether oxygens (including phenoxy) is 4. The van der Waals surface area contributed by atoms with Crippen LogP contribution in [0.5, 0.6) is 28.9 Å². The third-order valence-corrected chi connectivity index (χ3v) is 7.19. The molecule has 0 fully saturated rings. The van der Waals surface area contributed by atoms with E-state index in [0.717, 1.165) is 44.5 Å². The normalized spacial score (nSPS) is 14.0. The minimum atomic E-state index is -0.182. The van der Waals surface area contributed by atoms with Gasteiger partial charge in [0.2, 0.25) is 5.88 Å². The van der Waals surface area contributed by atoms with Gasteiger partial charge in [-0.1, -0.05) is 48.5 Å². The van der Waals surface area contributed by atoms with Crippen molar-refractivity contribution in [2.45, 2.75) is 5.92 Å². The Hall–Kier alpha value is -5.11. The van der Waals surface area contributed by atoms with E-state index >= 15 is 0 Å². The Morgan fingerprint density at radius 1 is 0.821 bits per heavy atom. The molecule has 1 atom stereocenters. The Balaban J connectivity index is 1.46. The molecule has 0 amide bonds. The predicted molar refractivity (Wildman–Crippen MR) is 147 cm³/mol. The Morgan fingerprint density at radius 2 is 1.64 bits per heavy atom. The zero-order valence-electron chi connectivity index (χ0n) is 21.6. The lowest BCUT2D eigenvalue weighted by molar-refractivity contribution is 0.355. The van der Waals surface area contributed by atoms with Crippen LogP contribution in [0.4, 0.5) is 0 Å². The molecule has 192 valence electrons. The van der Waals surface area contributed by atoms with Gasteiger partial charge in [0.1, 0.15) is 17.8 Å². The maximum Gasteiger partial charge on any atom is 0.228 e. The highest BCUT2D eigenvalue weighted by Crippen LogP contribution is 2.50. The van der Waals surface area contributed by atoms with Gasteiger partial charge in [-0.15, -0.1) is 5.10 Å². The summed E-state index contributed by atoms with van der Waals surface area (Å²) in [6.45, 7) is 0. The number of hydrogen-bond acceptors (Lipinski definition) is 7. The Kier molecular flexibility index (Phi) is 5.33. The lowest BCUT2D eigenvalue weighted by Crippen LogP contribution is -2.15. The number of methoxy groups -OCH3 is 3. The molecule has 4 aromatic carbocycles. The van der Waals surface area contributed by atoms with E-state index in [1.807, 2.05) is 42.5 Å². The van der Waals surface area contributed by atoms with E-state index < -0.39 is 0 Å². The largest absolute Gasteiger partial charge is 0.497 e. The first-order chi connectivity index (χ1) is 19.2. The van der Waals surface area contributed by atoms with Gasteiger partial charge in [-0.2, -0.15) is 0 Å². The summed E-state index contributed by atoms with van der Waals surface area (Å²) in [7, 11) is 4.88. The smallest absolute Gasteiger partial charge is 0.228 e. The van der Waals surface area contributed by atoms with Crippen LogP contribution in [0.15, 0.2) is 85.2 Å². The van der Waals surface area contributed by atoms with Crippen molar-refractivity contribution in [2.75, 3.05) is 21.3 Å². The quantitative estimate of drug-likeness (QED) is 0.267. The van der Waals surface area contributed by atoms with Crippen LogP contribution >= 0.6 is 0 Å². The topological polar surface area (TPSA) is 80.0 Å². The highest BCUT2D eigenvalue weighted by atomic mass is 16.5. The summed E-state index contributed by atoms with van der Waals surface area (Å²) in [5.41, 5.74) is 4.43. The fraction of sp³-hybridized carbons (Fsp3) is 0.129. The molecule has 1 aliphatic rings. The summed E-state index contributed by atoms with van der Waals surface area (Å²) in [5, 5.41) is 6.89. The van der Waals surface area contributed by atoms with E-state index in [1.165, 1.54) is 0 Å². The number of hydrogen-bond donors (Lipinski definition) is 0. The van der Waals surface area contributed by atoms with Crippen LogP contribution in [0.2, 0.25) is 0 Å². The number of fused-ring (bicyclic) bond motifs is 6. The highest BCUT2D eigenvalue weighted by Gasteiger charge is 2.34. The van der Waals surface area contributed by atoms with Crippen LogP contribution in [0, 0.1) is 0 Å². The number of nitrogens with zero attached hydrogens (tertiary/aromatic N) is 4. The van der Waals surface area contributed by atoms with Crippen molar-refractivity contribution in [3.8, 4) is 40.3 Å². The molecule has 1 unspecified atom stereocenters. The average molecular weight is 517 g/mol. The van der Waals surface area contributed by atoms with Crippen LogP contribution < -0.4 is 18.9 Å². The maximum atomic E-state index is 6.52. The van der Waals surface area contributed by atoms with Crippen molar-refractivity contribution in [1.29, 1.82) is 0 Å². The molecular weight excluding hydrogens is 492 g/mol. The summed E-state index contributed by atoms with van der Waals surface area (Å²) in [6, 6.07) is 26.2. The third kappa shape index (κ3) is 3.64. The van der Waals surface area contributed by atoms with Gasteiger partial charge in [-0.05, 0) is 41.3 Å². The Labute approximate surface area is 224 Å². The molecule has 8 nitrogen and oxygen atoms in total. The molecule has 39 heavy (non-hydrogen) atoms. The van der Waals surface area contributed by atoms with E-state index in [-0.39, 0.29) is 5.92 Å². The first kappa shape index (κ1) is 23.0. The van der Waals surface area contributed by atoms with E-state index in [4.69, 9.17) is 34.0 Å². The predicted octanol–water partition coefficient (Wildman–Crippen LogP) is 6.26. The first-order valence-electron chi connectivity index (χ1n) is 12.5. The lowest BCUT2D eigenvalue weighted by Gasteiger charge is -2.28. The average Bonchev–Trinajstić information content (AvgIpc) is 3.44. The van der Waals surface area contributed by atoms with Gasteiger partial charge in [-0.25, -0.2) is 14.5 Å². The molecule has 0 spiro atoms. The molecule has 0 aliphatic carbocycles. The van der Waals surface area contributed by atoms with Crippen molar-refractivity contribution in [2.24, 2.45) is 0 Å². The number of benzene rings is 4. The summed E-state index contributed by atoms with van der Waals surface area (Å²) < 4.78 is 24.6. The van der Waals surface area contributed by atoms with Gasteiger partial charge < -0.3 is 18.9 Å². The van der Waals surface area contributed by atoms with Crippen LogP contribution in [-0.2, 0) is 0 Å². The van der Waals surface area contributed by atoms with Crippen molar-refractivity contribution < 1.29 is 18.9 Å². The van der Waals surface area contributed by atoms with Crippen LogP contribution in [0.25, 0.3) is 27.8 Å². The van der Waals surface area contributed by atoms with Gasteiger partial charge in [0.15, 0.2) is 23.0 Å². The molecule has 0 N–H and O–H groups in total. The monoisotopic (exact) mass is 516 g/mol. The summed E-state index contributed by atoms with van der Waals surface area (Å²) in [5.74, 6) is 3.72. The minimum Gasteiger partial charge on any atom is -0.497 e. The first-order valence-corrected chi connectivity index (χ1v) is 12.5. The van der Waals surface area contributed by atoms with Crippen molar-refractivity contribution in [3.05, 3.63) is 102 Å². The van der Waals surface area contributed by atoms with Crippen molar-refractivity contribution >= 4 is 16.4 Å². The second-order valence-corrected chi connectivity index (χ2v) is 9.25. The van der Waals surface area contributed by atoms with Gasteiger partial charge in [0, 0.05) is 22.4 Å². The SMILES string of the molecule is COc1ccc(C2c3ccc4ccccc4c3Oc3ncn4nc(-c5ccc(OC)c(OC)c5)nc4c32)cc1. The Morgan fingerprint density at radius 3 is 2.44 bits per heavy atom. The fourth-order valence-electron chi connectivity index (χ4n) is 5.29. The zero-order valence-corrected chi connectivity index (χ0v) is 21.6. The molecule has 0 saturated heterocycles. The molecule has 2 aromatic heterocycles. The standard InChI is InChI=1S/C31H24N4O4/c1-36-21-12-8-19(9-13-21)26-23-14-10-18-6-4-5-7-22(18)28(23)39-31-27(26)30-33-29(34-35(30)17-32-31)20-11-15-24(37-2)25(16-20)38-3/h4-17,26H,1-3H3. The third-order valence-electron chi connectivity index (χ3n) is 7.19. The molecule has 7 rings (SSSR count). The van der Waals surface area contributed by atoms with Crippen molar-refractivity contribution in [1.82, 2.24) is 19.6 Å². The second-order valence-electron chi connectivity index (χ2n) is 9.25. The van der Waals surface area contributed by atoms with E-state index in [9.17, 15) is 0 Å².